The summed E-state index contributed by atoms with van der Waals surface area (Å²) in [6.45, 7) is 4.52. The van der Waals surface area contributed by atoms with Gasteiger partial charge in [-0.25, -0.2) is 10.0 Å². The zero-order chi connectivity index (χ0) is 19.3. The van der Waals surface area contributed by atoms with Crippen LogP contribution in [-0.4, -0.2) is 72.9 Å². The highest BCUT2D eigenvalue weighted by Gasteiger charge is 2.44. The SMILES string of the molecule is CC1=C(C)CN(c2nc(N)c3ncn([C@@H]4O[C@H](CO)[C@@H](O)[C@H]4O)c3n2)OC1. The van der Waals surface area contributed by atoms with E-state index in [9.17, 15) is 15.3 Å². The summed E-state index contributed by atoms with van der Waals surface area (Å²) in [6, 6.07) is 0. The molecule has 4 atom stereocenters. The van der Waals surface area contributed by atoms with E-state index >= 15 is 0 Å². The van der Waals surface area contributed by atoms with Crippen molar-refractivity contribution in [2.75, 3.05) is 30.6 Å². The molecule has 0 bridgehead atoms. The normalized spacial score (nSPS) is 29.1. The zero-order valence-electron chi connectivity index (χ0n) is 15.0. The number of nitrogens with zero attached hydrogens (tertiary/aromatic N) is 5. The minimum absolute atomic E-state index is 0.160. The molecule has 1 fully saturated rings. The fourth-order valence-corrected chi connectivity index (χ4v) is 3.16. The van der Waals surface area contributed by atoms with Crippen LogP contribution >= 0.6 is 0 Å². The van der Waals surface area contributed by atoms with Crippen molar-refractivity contribution < 1.29 is 24.9 Å². The van der Waals surface area contributed by atoms with Gasteiger partial charge in [0.1, 0.15) is 23.8 Å². The van der Waals surface area contributed by atoms with Crippen molar-refractivity contribution in [1.29, 1.82) is 0 Å². The van der Waals surface area contributed by atoms with E-state index in [-0.39, 0.29) is 11.8 Å². The Morgan fingerprint density at radius 1 is 1.22 bits per heavy atom. The van der Waals surface area contributed by atoms with Crippen molar-refractivity contribution >= 4 is 22.9 Å². The number of ether oxygens (including phenoxy) is 1. The number of nitrogens with two attached hydrogens (primary N) is 1. The number of nitrogen functional groups attached to an aromatic ring is 1. The lowest BCUT2D eigenvalue weighted by atomic mass is 10.1. The standard InChI is InChI=1S/C16H22N6O5/c1-7-3-22(26-5-8(7)2)16-19-13(17)10-14(20-16)21(6-18-10)15-12(25)11(24)9(4-23)27-15/h6,9,11-12,15,23-25H,3-5H2,1-2H3,(H2,17,19,20)/t9-,11-,12-,15-/m1/s1. The number of hydrogen-bond acceptors (Lipinski definition) is 10. The zero-order valence-corrected chi connectivity index (χ0v) is 15.0. The molecular formula is C16H22N6O5. The van der Waals surface area contributed by atoms with Gasteiger partial charge in [0.2, 0.25) is 0 Å². The fraction of sp³-hybridized carbons (Fsp3) is 0.562. The van der Waals surface area contributed by atoms with Crippen LogP contribution in [0.1, 0.15) is 20.1 Å². The number of aliphatic hydroxyl groups is 3. The van der Waals surface area contributed by atoms with Crippen molar-refractivity contribution in [3.8, 4) is 0 Å². The third-order valence-electron chi connectivity index (χ3n) is 5.00. The Bertz CT molecular complexity index is 899. The van der Waals surface area contributed by atoms with Crippen LogP contribution in [0.4, 0.5) is 11.8 Å². The molecule has 27 heavy (non-hydrogen) atoms. The van der Waals surface area contributed by atoms with Gasteiger partial charge in [-0.05, 0) is 19.4 Å². The van der Waals surface area contributed by atoms with Crippen molar-refractivity contribution in [1.82, 2.24) is 19.5 Å². The van der Waals surface area contributed by atoms with Crippen LogP contribution in [-0.2, 0) is 9.57 Å². The topological polar surface area (TPSA) is 152 Å². The summed E-state index contributed by atoms with van der Waals surface area (Å²) in [5.74, 6) is 0.424. The molecule has 0 spiro atoms. The number of imidazole rings is 1. The number of hydroxylamine groups is 1. The Hall–Kier alpha value is -2.31. The summed E-state index contributed by atoms with van der Waals surface area (Å²) in [4.78, 5) is 18.6. The van der Waals surface area contributed by atoms with E-state index in [4.69, 9.17) is 15.3 Å². The molecule has 0 aliphatic carbocycles. The number of rotatable bonds is 3. The summed E-state index contributed by atoms with van der Waals surface area (Å²) in [5.41, 5.74) is 9.02. The molecule has 2 aliphatic heterocycles. The number of anilines is 2. The molecule has 11 nitrogen and oxygen atoms in total. The first-order valence-corrected chi connectivity index (χ1v) is 8.59. The lowest BCUT2D eigenvalue weighted by Gasteiger charge is -2.28. The van der Waals surface area contributed by atoms with Crippen LogP contribution < -0.4 is 10.8 Å². The van der Waals surface area contributed by atoms with E-state index in [0.717, 1.165) is 11.1 Å². The fourth-order valence-electron chi connectivity index (χ4n) is 3.16. The maximum Gasteiger partial charge on any atom is 0.254 e. The van der Waals surface area contributed by atoms with Gasteiger partial charge in [-0.3, -0.25) is 9.40 Å². The highest BCUT2D eigenvalue weighted by molar-refractivity contribution is 5.83. The van der Waals surface area contributed by atoms with Crippen LogP contribution in [0, 0.1) is 0 Å². The van der Waals surface area contributed by atoms with Crippen LogP contribution in [0.5, 0.6) is 0 Å². The highest BCUT2D eigenvalue weighted by Crippen LogP contribution is 2.32. The van der Waals surface area contributed by atoms with Gasteiger partial charge in [0.05, 0.1) is 26.1 Å². The van der Waals surface area contributed by atoms with Gasteiger partial charge < -0.3 is 25.8 Å². The monoisotopic (exact) mass is 378 g/mol. The summed E-state index contributed by atoms with van der Waals surface area (Å²) in [6.07, 6.45) is -2.93. The van der Waals surface area contributed by atoms with Gasteiger partial charge in [0.15, 0.2) is 17.7 Å². The molecule has 0 aromatic carbocycles. The van der Waals surface area contributed by atoms with Gasteiger partial charge in [0.25, 0.3) is 5.95 Å². The lowest BCUT2D eigenvalue weighted by molar-refractivity contribution is -0.0511. The lowest BCUT2D eigenvalue weighted by Crippen LogP contribution is -2.33. The summed E-state index contributed by atoms with van der Waals surface area (Å²) in [7, 11) is 0. The largest absolute Gasteiger partial charge is 0.394 e. The first kappa shape index (κ1) is 18.1. The van der Waals surface area contributed by atoms with E-state index in [1.54, 1.807) is 5.06 Å². The first-order valence-electron chi connectivity index (χ1n) is 8.59. The summed E-state index contributed by atoms with van der Waals surface area (Å²) >= 11 is 0. The molecule has 2 aliphatic rings. The smallest absolute Gasteiger partial charge is 0.254 e. The third kappa shape index (κ3) is 2.93. The molecule has 4 heterocycles. The Morgan fingerprint density at radius 2 is 2.00 bits per heavy atom. The second kappa shape index (κ2) is 6.69. The summed E-state index contributed by atoms with van der Waals surface area (Å²) < 4.78 is 7.03. The van der Waals surface area contributed by atoms with Gasteiger partial charge in [-0.1, -0.05) is 5.57 Å². The Balaban J connectivity index is 1.73. The molecular weight excluding hydrogens is 356 g/mol. The van der Waals surface area contributed by atoms with Crippen LogP contribution in [0.3, 0.4) is 0 Å². The first-order chi connectivity index (χ1) is 12.9. The van der Waals surface area contributed by atoms with E-state index in [1.165, 1.54) is 10.9 Å². The average Bonchev–Trinajstić information content (AvgIpc) is 3.19. The van der Waals surface area contributed by atoms with Crippen LogP contribution in [0.2, 0.25) is 0 Å². The molecule has 0 amide bonds. The van der Waals surface area contributed by atoms with Crippen molar-refractivity contribution in [3.63, 3.8) is 0 Å². The average molecular weight is 378 g/mol. The minimum atomic E-state index is -1.25. The van der Waals surface area contributed by atoms with E-state index in [0.29, 0.717) is 24.3 Å². The number of fused-ring (bicyclic) bond motifs is 1. The molecule has 2 aromatic heterocycles. The highest BCUT2D eigenvalue weighted by atomic mass is 16.7. The second-order valence-corrected chi connectivity index (χ2v) is 6.83. The number of hydrogen-bond donors (Lipinski definition) is 4. The minimum Gasteiger partial charge on any atom is -0.394 e. The van der Waals surface area contributed by atoms with E-state index < -0.39 is 31.1 Å². The second-order valence-electron chi connectivity index (χ2n) is 6.83. The predicted octanol–water partition coefficient (Wildman–Crippen LogP) is -0.892. The summed E-state index contributed by atoms with van der Waals surface area (Å²) in [5, 5.41) is 31.1. The maximum atomic E-state index is 10.3. The van der Waals surface area contributed by atoms with Crippen molar-refractivity contribution in [3.05, 3.63) is 17.5 Å². The quantitative estimate of drug-likeness (QED) is 0.495. The van der Waals surface area contributed by atoms with E-state index in [1.807, 2.05) is 13.8 Å². The molecule has 146 valence electrons. The molecule has 5 N–H and O–H groups in total. The Labute approximate surface area is 154 Å². The number of aromatic nitrogens is 4. The third-order valence-corrected chi connectivity index (χ3v) is 5.00. The van der Waals surface area contributed by atoms with Crippen LogP contribution in [0.15, 0.2) is 17.5 Å². The van der Waals surface area contributed by atoms with Crippen molar-refractivity contribution in [2.24, 2.45) is 0 Å². The van der Waals surface area contributed by atoms with Gasteiger partial charge in [-0.2, -0.15) is 9.97 Å². The van der Waals surface area contributed by atoms with E-state index in [2.05, 4.69) is 15.0 Å². The molecule has 1 saturated heterocycles. The predicted molar refractivity (Wildman–Crippen MR) is 94.4 cm³/mol. The molecule has 2 aromatic rings. The molecule has 0 unspecified atom stereocenters. The Kier molecular flexibility index (Phi) is 4.48. The van der Waals surface area contributed by atoms with Gasteiger partial charge in [-0.15, -0.1) is 0 Å². The van der Waals surface area contributed by atoms with Gasteiger partial charge in [0, 0.05) is 0 Å². The van der Waals surface area contributed by atoms with Crippen molar-refractivity contribution in [2.45, 2.75) is 38.4 Å². The van der Waals surface area contributed by atoms with Gasteiger partial charge >= 0.3 is 0 Å². The maximum absolute atomic E-state index is 10.3. The molecule has 0 radical (unpaired) electrons. The molecule has 4 rings (SSSR count). The number of aliphatic hydroxyl groups excluding tert-OH is 3. The Morgan fingerprint density at radius 3 is 2.67 bits per heavy atom. The van der Waals surface area contributed by atoms with Crippen LogP contribution in [0.25, 0.3) is 11.2 Å². The molecule has 0 saturated carbocycles. The molecule has 11 heteroatoms.